The highest BCUT2D eigenvalue weighted by molar-refractivity contribution is 5.81. The maximum Gasteiger partial charge on any atom is 0.250 e. The molecule has 2 aliphatic heterocycles. The molecular formula is C25H52N4O14. The van der Waals surface area contributed by atoms with E-state index in [0.29, 0.717) is 6.42 Å². The number of methoxy groups -OCH3 is 1. The van der Waals surface area contributed by atoms with Gasteiger partial charge in [0.2, 0.25) is 5.91 Å². The maximum absolute atomic E-state index is 11.8. The Kier molecular flexibility index (Phi) is 19.3. The van der Waals surface area contributed by atoms with E-state index < -0.39 is 92.1 Å². The van der Waals surface area contributed by atoms with E-state index in [1.165, 1.54) is 7.11 Å². The van der Waals surface area contributed by atoms with Crippen molar-refractivity contribution in [3.8, 4) is 0 Å². The summed E-state index contributed by atoms with van der Waals surface area (Å²) in [6.45, 7) is -0.231. The van der Waals surface area contributed by atoms with Gasteiger partial charge in [-0.05, 0) is 12.8 Å². The molecule has 18 heteroatoms. The van der Waals surface area contributed by atoms with Crippen molar-refractivity contribution in [3.63, 3.8) is 0 Å². The van der Waals surface area contributed by atoms with E-state index in [1.54, 1.807) is 0 Å². The number of nitrogens with one attached hydrogen (secondary N) is 2. The highest BCUT2D eigenvalue weighted by Crippen LogP contribution is 2.27. The van der Waals surface area contributed by atoms with Crippen LogP contribution in [0.5, 0.6) is 0 Å². The number of carbonyl (C=O) groups is 1. The SMILES string of the molecule is CO.COC1OCC(O)CC1O.NCC(O)C(=O)NC1CC(N)[C@@H](O[C@@H]2CC(O)[C@H](O)C(CNCC(O)CO)O2)C(O)C1. The largest absolute Gasteiger partial charge is 0.400 e. The summed E-state index contributed by atoms with van der Waals surface area (Å²) in [6.07, 6.45) is -9.36. The summed E-state index contributed by atoms with van der Waals surface area (Å²) in [5, 5.41) is 89.0. The molecule has 0 aromatic heterocycles. The van der Waals surface area contributed by atoms with Crippen LogP contribution in [-0.4, -0.2) is 179 Å². The average molecular weight is 633 g/mol. The van der Waals surface area contributed by atoms with E-state index in [0.717, 1.165) is 7.11 Å². The lowest BCUT2D eigenvalue weighted by atomic mass is 9.86. The van der Waals surface area contributed by atoms with Crippen LogP contribution < -0.4 is 22.1 Å². The Morgan fingerprint density at radius 3 is 2.26 bits per heavy atom. The molecule has 3 fully saturated rings. The van der Waals surface area contributed by atoms with Crippen molar-refractivity contribution < 1.29 is 69.7 Å². The molecule has 1 saturated carbocycles. The fourth-order valence-electron chi connectivity index (χ4n) is 4.79. The Morgan fingerprint density at radius 1 is 1.02 bits per heavy atom. The van der Waals surface area contributed by atoms with Crippen LogP contribution in [0.4, 0.5) is 0 Å². The third-order valence-electron chi connectivity index (χ3n) is 7.05. The van der Waals surface area contributed by atoms with Gasteiger partial charge in [-0.25, -0.2) is 0 Å². The first-order valence-electron chi connectivity index (χ1n) is 14.1. The highest BCUT2D eigenvalue weighted by Gasteiger charge is 2.42. The number of hydrogen-bond acceptors (Lipinski definition) is 17. The number of amides is 1. The second kappa shape index (κ2) is 20.8. The summed E-state index contributed by atoms with van der Waals surface area (Å²) in [5.41, 5.74) is 11.4. The van der Waals surface area contributed by atoms with Crippen LogP contribution in [0.1, 0.15) is 25.7 Å². The zero-order chi connectivity index (χ0) is 32.7. The fourth-order valence-corrected chi connectivity index (χ4v) is 4.79. The second-order valence-electron chi connectivity index (χ2n) is 10.5. The lowest BCUT2D eigenvalue weighted by molar-refractivity contribution is -0.276. The molecular weight excluding hydrogens is 580 g/mol. The number of nitrogens with two attached hydrogens (primary N) is 2. The van der Waals surface area contributed by atoms with Gasteiger partial charge in [-0.3, -0.25) is 4.79 Å². The lowest BCUT2D eigenvalue weighted by Crippen LogP contribution is -2.59. The quantitative estimate of drug-likeness (QED) is 0.101. The van der Waals surface area contributed by atoms with Crippen molar-refractivity contribution in [2.75, 3.05) is 47.1 Å². The summed E-state index contributed by atoms with van der Waals surface area (Å²) >= 11 is 0. The number of aliphatic hydroxyl groups excluding tert-OH is 9. The van der Waals surface area contributed by atoms with Crippen molar-refractivity contribution in [1.82, 2.24) is 10.6 Å². The summed E-state index contributed by atoms with van der Waals surface area (Å²) in [4.78, 5) is 11.8. The second-order valence-corrected chi connectivity index (χ2v) is 10.5. The van der Waals surface area contributed by atoms with Gasteiger partial charge in [-0.2, -0.15) is 0 Å². The fraction of sp³-hybridized carbons (Fsp3) is 0.960. The Balaban J connectivity index is 0.000000644. The van der Waals surface area contributed by atoms with Crippen LogP contribution >= 0.6 is 0 Å². The van der Waals surface area contributed by atoms with Crippen LogP contribution in [0, 0.1) is 0 Å². The van der Waals surface area contributed by atoms with E-state index in [9.17, 15) is 30.3 Å². The Labute approximate surface area is 250 Å². The van der Waals surface area contributed by atoms with Gasteiger partial charge >= 0.3 is 0 Å². The Bertz CT molecular complexity index is 749. The van der Waals surface area contributed by atoms with E-state index in [1.807, 2.05) is 0 Å². The minimum Gasteiger partial charge on any atom is -0.400 e. The molecule has 1 aliphatic carbocycles. The van der Waals surface area contributed by atoms with Crippen LogP contribution in [0.15, 0.2) is 0 Å². The van der Waals surface area contributed by atoms with Crippen molar-refractivity contribution in [1.29, 1.82) is 0 Å². The minimum absolute atomic E-state index is 0.0320. The number of aliphatic hydroxyl groups is 9. The molecule has 0 aromatic rings. The van der Waals surface area contributed by atoms with Gasteiger partial charge in [0.1, 0.15) is 30.5 Å². The number of rotatable bonds is 11. The van der Waals surface area contributed by atoms with Gasteiger partial charge < -0.3 is 87.0 Å². The van der Waals surface area contributed by atoms with Crippen molar-refractivity contribution in [2.45, 2.75) is 105 Å². The Morgan fingerprint density at radius 2 is 1.70 bits per heavy atom. The van der Waals surface area contributed by atoms with Crippen LogP contribution in [0.2, 0.25) is 0 Å². The van der Waals surface area contributed by atoms with Crippen LogP contribution in [-0.2, 0) is 23.7 Å². The molecule has 18 nitrogen and oxygen atoms in total. The first-order chi connectivity index (χ1) is 20.4. The standard InChI is InChI=1S/C18H36N4O9.C6H12O4.CH4O/c19-4-13(27)18(29)22-8-1-10(20)17(12(26)2-8)31-15-3-11(25)16(28)14(30-15)6-21-5-9(24)7-23;1-9-6-5(8)2-4(7)3-10-6;1-2/h8-17,21,23-28H,1-7,19-20H2,(H,22,29);4-8H,2-3H2,1H3;2H,1H3/t8?,9?,10?,11?,12?,13?,14?,15-,16+,17-;;/m1../s1. The lowest BCUT2D eigenvalue weighted by Gasteiger charge is -2.43. The molecule has 0 spiro atoms. The van der Waals surface area contributed by atoms with Gasteiger partial charge in [-0.15, -0.1) is 0 Å². The van der Waals surface area contributed by atoms with Crippen LogP contribution in [0.3, 0.4) is 0 Å². The molecule has 2 heterocycles. The van der Waals surface area contributed by atoms with E-state index in [2.05, 4.69) is 10.6 Å². The predicted molar refractivity (Wildman–Crippen MR) is 148 cm³/mol. The molecule has 3 aliphatic rings. The summed E-state index contributed by atoms with van der Waals surface area (Å²) in [5.74, 6) is -0.638. The van der Waals surface area contributed by atoms with Crippen molar-refractivity contribution >= 4 is 5.91 Å². The maximum atomic E-state index is 11.8. The first kappa shape index (κ1) is 39.9. The van der Waals surface area contributed by atoms with Gasteiger partial charge in [0.05, 0.1) is 37.6 Å². The normalized spacial score (nSPS) is 37.6. The predicted octanol–water partition coefficient (Wildman–Crippen LogP) is -6.85. The van der Waals surface area contributed by atoms with Gasteiger partial charge in [0, 0.05) is 58.8 Å². The van der Waals surface area contributed by atoms with Crippen molar-refractivity contribution in [2.24, 2.45) is 11.5 Å². The van der Waals surface area contributed by atoms with Crippen LogP contribution in [0.25, 0.3) is 0 Å². The molecule has 15 N–H and O–H groups in total. The summed E-state index contributed by atoms with van der Waals surface area (Å²) < 4.78 is 21.2. The molecule has 1 amide bonds. The molecule has 0 radical (unpaired) electrons. The molecule has 10 unspecified atom stereocenters. The number of carbonyl (C=O) groups excluding carboxylic acids is 1. The van der Waals surface area contributed by atoms with Gasteiger partial charge in [0.25, 0.3) is 0 Å². The molecule has 2 saturated heterocycles. The smallest absolute Gasteiger partial charge is 0.250 e. The minimum atomic E-state index is -1.34. The molecule has 0 bridgehead atoms. The topological polar surface area (TPSA) is 312 Å². The van der Waals surface area contributed by atoms with Gasteiger partial charge in [0.15, 0.2) is 12.6 Å². The number of hydrogen-bond donors (Lipinski definition) is 13. The molecule has 3 rings (SSSR count). The highest BCUT2D eigenvalue weighted by atomic mass is 16.7. The molecule has 13 atom stereocenters. The third-order valence-corrected chi connectivity index (χ3v) is 7.05. The van der Waals surface area contributed by atoms with E-state index in [4.69, 9.17) is 50.8 Å². The zero-order valence-corrected chi connectivity index (χ0v) is 24.6. The van der Waals surface area contributed by atoms with E-state index in [-0.39, 0.29) is 45.5 Å². The molecule has 43 heavy (non-hydrogen) atoms. The van der Waals surface area contributed by atoms with E-state index >= 15 is 0 Å². The first-order valence-corrected chi connectivity index (χ1v) is 14.1. The molecule has 0 aromatic carbocycles. The summed E-state index contributed by atoms with van der Waals surface area (Å²) in [6, 6.07) is -1.12. The Hall–Kier alpha value is -1.17. The van der Waals surface area contributed by atoms with Gasteiger partial charge in [-0.1, -0.05) is 0 Å². The van der Waals surface area contributed by atoms with Crippen molar-refractivity contribution in [3.05, 3.63) is 0 Å². The molecule has 256 valence electrons. The number of ether oxygens (including phenoxy) is 4. The third kappa shape index (κ3) is 13.4. The monoisotopic (exact) mass is 632 g/mol. The average Bonchev–Trinajstić information content (AvgIpc) is 2.98. The zero-order valence-electron chi connectivity index (χ0n) is 24.6. The summed E-state index contributed by atoms with van der Waals surface area (Å²) in [7, 11) is 2.46.